The summed E-state index contributed by atoms with van der Waals surface area (Å²) >= 11 is 6.05. The van der Waals surface area contributed by atoms with Crippen LogP contribution in [0.2, 0.25) is 5.02 Å². The van der Waals surface area contributed by atoms with Gasteiger partial charge in [0.1, 0.15) is 0 Å². The monoisotopic (exact) mass is 342 g/mol. The first-order valence-electron chi connectivity index (χ1n) is 8.04. The normalized spacial score (nSPS) is 14.8. The molecule has 25 heavy (non-hydrogen) atoms. The molecule has 4 rings (SSSR count). The van der Waals surface area contributed by atoms with Gasteiger partial charge in [-0.05, 0) is 29.8 Å². The number of hydrogen-bond donors (Lipinski definition) is 0. The highest BCUT2D eigenvalue weighted by Crippen LogP contribution is 2.26. The minimum absolute atomic E-state index is 0.704. The second kappa shape index (κ2) is 6.88. The van der Waals surface area contributed by atoms with Crippen molar-refractivity contribution in [3.8, 4) is 0 Å². The second-order valence-electron chi connectivity index (χ2n) is 5.72. The predicted molar refractivity (Wildman–Crippen MR) is 106 cm³/mol. The van der Waals surface area contributed by atoms with E-state index in [2.05, 4.69) is 18.2 Å². The number of rotatable bonds is 2. The third kappa shape index (κ3) is 3.44. The molecule has 0 amide bonds. The van der Waals surface area contributed by atoms with Gasteiger partial charge in [0.05, 0.1) is 17.1 Å². The summed E-state index contributed by atoms with van der Waals surface area (Å²) in [6.45, 7) is 0. The Labute approximate surface area is 151 Å². The SMILES string of the molecule is Clc1ccc(C2=Nc3ccccc3C=N/C2=C\c2ccccc2)cc1. The van der Waals surface area contributed by atoms with Crippen molar-refractivity contribution in [1.29, 1.82) is 0 Å². The average Bonchev–Trinajstić information content (AvgIpc) is 2.83. The van der Waals surface area contributed by atoms with E-state index >= 15 is 0 Å². The molecule has 3 aromatic carbocycles. The van der Waals surface area contributed by atoms with Crippen molar-refractivity contribution in [3.63, 3.8) is 0 Å². The predicted octanol–water partition coefficient (Wildman–Crippen LogP) is 5.93. The minimum Gasteiger partial charge on any atom is -0.254 e. The fourth-order valence-electron chi connectivity index (χ4n) is 2.71. The Bertz CT molecular complexity index is 984. The van der Waals surface area contributed by atoms with Crippen LogP contribution in [0.3, 0.4) is 0 Å². The van der Waals surface area contributed by atoms with Gasteiger partial charge in [-0.2, -0.15) is 0 Å². The van der Waals surface area contributed by atoms with Gasteiger partial charge in [-0.3, -0.25) is 4.99 Å². The molecule has 0 saturated heterocycles. The molecular weight excluding hydrogens is 328 g/mol. The Balaban J connectivity index is 1.90. The first-order valence-corrected chi connectivity index (χ1v) is 8.42. The molecule has 3 aromatic rings. The summed E-state index contributed by atoms with van der Waals surface area (Å²) in [5.41, 5.74) is 5.65. The van der Waals surface area contributed by atoms with E-state index in [4.69, 9.17) is 21.6 Å². The Morgan fingerprint density at radius 2 is 1.48 bits per heavy atom. The Kier molecular flexibility index (Phi) is 4.28. The molecular formula is C22H15ClN2. The number of nitrogens with zero attached hydrogens (tertiary/aromatic N) is 2. The van der Waals surface area contributed by atoms with Gasteiger partial charge in [0.25, 0.3) is 0 Å². The lowest BCUT2D eigenvalue weighted by molar-refractivity contribution is 1.45. The largest absolute Gasteiger partial charge is 0.254 e. The second-order valence-corrected chi connectivity index (χ2v) is 6.16. The van der Waals surface area contributed by atoms with Crippen molar-refractivity contribution in [2.45, 2.75) is 0 Å². The lowest BCUT2D eigenvalue weighted by Gasteiger charge is -2.07. The van der Waals surface area contributed by atoms with Crippen LogP contribution in [-0.4, -0.2) is 11.9 Å². The number of hydrogen-bond acceptors (Lipinski definition) is 2. The van der Waals surface area contributed by atoms with Crippen LogP contribution in [0.4, 0.5) is 5.69 Å². The third-order valence-electron chi connectivity index (χ3n) is 3.97. The topological polar surface area (TPSA) is 24.7 Å². The lowest BCUT2D eigenvalue weighted by atomic mass is 10.1. The summed E-state index contributed by atoms with van der Waals surface area (Å²) in [6, 6.07) is 25.8. The molecule has 120 valence electrons. The van der Waals surface area contributed by atoms with Crippen molar-refractivity contribution in [2.75, 3.05) is 0 Å². The zero-order valence-electron chi connectivity index (χ0n) is 13.4. The molecule has 0 unspecified atom stereocenters. The van der Waals surface area contributed by atoms with Gasteiger partial charge < -0.3 is 0 Å². The summed E-state index contributed by atoms with van der Waals surface area (Å²) in [4.78, 5) is 9.61. The quantitative estimate of drug-likeness (QED) is 0.551. The van der Waals surface area contributed by atoms with E-state index in [-0.39, 0.29) is 0 Å². The van der Waals surface area contributed by atoms with Gasteiger partial charge in [-0.1, -0.05) is 72.3 Å². The van der Waals surface area contributed by atoms with Crippen LogP contribution in [0.1, 0.15) is 16.7 Å². The Morgan fingerprint density at radius 3 is 2.28 bits per heavy atom. The smallest absolute Gasteiger partial charge is 0.0966 e. The van der Waals surface area contributed by atoms with E-state index in [1.807, 2.05) is 72.9 Å². The summed E-state index contributed by atoms with van der Waals surface area (Å²) in [5, 5.41) is 0.704. The zero-order chi connectivity index (χ0) is 17.1. The third-order valence-corrected chi connectivity index (χ3v) is 4.23. The maximum Gasteiger partial charge on any atom is 0.0966 e. The van der Waals surface area contributed by atoms with Gasteiger partial charge in [0.15, 0.2) is 0 Å². The van der Waals surface area contributed by atoms with Crippen LogP contribution in [0.15, 0.2) is 94.5 Å². The van der Waals surface area contributed by atoms with E-state index in [0.717, 1.165) is 33.8 Å². The number of halogens is 1. The van der Waals surface area contributed by atoms with E-state index in [0.29, 0.717) is 5.02 Å². The highest BCUT2D eigenvalue weighted by Gasteiger charge is 2.14. The minimum atomic E-state index is 0.704. The number of aliphatic imine (C=N–C) groups is 2. The summed E-state index contributed by atoms with van der Waals surface area (Å²) in [7, 11) is 0. The van der Waals surface area contributed by atoms with Crippen molar-refractivity contribution < 1.29 is 0 Å². The molecule has 1 aliphatic heterocycles. The lowest BCUT2D eigenvalue weighted by Crippen LogP contribution is -2.03. The number of benzene rings is 3. The van der Waals surface area contributed by atoms with Gasteiger partial charge >= 0.3 is 0 Å². The van der Waals surface area contributed by atoms with Crippen molar-refractivity contribution >= 4 is 35.3 Å². The molecule has 3 heteroatoms. The van der Waals surface area contributed by atoms with Gasteiger partial charge in [0, 0.05) is 22.4 Å². The van der Waals surface area contributed by atoms with Crippen LogP contribution < -0.4 is 0 Å². The van der Waals surface area contributed by atoms with E-state index in [9.17, 15) is 0 Å². The van der Waals surface area contributed by atoms with Crippen LogP contribution in [0.5, 0.6) is 0 Å². The van der Waals surface area contributed by atoms with Gasteiger partial charge in [0.2, 0.25) is 0 Å². The maximum absolute atomic E-state index is 6.05. The molecule has 1 heterocycles. The van der Waals surface area contributed by atoms with Crippen molar-refractivity contribution in [3.05, 3.63) is 106 Å². The van der Waals surface area contributed by atoms with Crippen molar-refractivity contribution in [2.24, 2.45) is 9.98 Å². The summed E-state index contributed by atoms with van der Waals surface area (Å²) in [6.07, 6.45) is 3.92. The summed E-state index contributed by atoms with van der Waals surface area (Å²) < 4.78 is 0. The van der Waals surface area contributed by atoms with E-state index in [1.54, 1.807) is 0 Å². The maximum atomic E-state index is 6.05. The van der Waals surface area contributed by atoms with Crippen LogP contribution in [0, 0.1) is 0 Å². The highest BCUT2D eigenvalue weighted by atomic mass is 35.5. The number of fused-ring (bicyclic) bond motifs is 1. The molecule has 0 N–H and O–H groups in total. The van der Waals surface area contributed by atoms with Crippen molar-refractivity contribution in [1.82, 2.24) is 0 Å². The van der Waals surface area contributed by atoms with Crippen LogP contribution in [0.25, 0.3) is 6.08 Å². The van der Waals surface area contributed by atoms with Crippen LogP contribution >= 0.6 is 11.6 Å². The first kappa shape index (κ1) is 15.6. The number of allylic oxidation sites excluding steroid dienone is 1. The fourth-order valence-corrected chi connectivity index (χ4v) is 2.84. The number of para-hydroxylation sites is 1. The molecule has 0 radical (unpaired) electrons. The standard InChI is InChI=1S/C22H15ClN2/c23-19-12-10-17(11-13-19)22-21(14-16-6-2-1-3-7-16)24-15-18-8-4-5-9-20(18)25-22/h1-15H/b21-14-. The Morgan fingerprint density at radius 1 is 0.760 bits per heavy atom. The van der Waals surface area contributed by atoms with Crippen LogP contribution in [-0.2, 0) is 0 Å². The highest BCUT2D eigenvalue weighted by molar-refractivity contribution is 6.30. The Hall–Kier alpha value is -2.97. The summed E-state index contributed by atoms with van der Waals surface area (Å²) in [5.74, 6) is 0. The van der Waals surface area contributed by atoms with Gasteiger partial charge in [-0.25, -0.2) is 4.99 Å². The molecule has 0 atom stereocenters. The average molecular weight is 343 g/mol. The first-order chi connectivity index (χ1) is 12.3. The molecule has 0 aromatic heterocycles. The van der Waals surface area contributed by atoms with E-state index in [1.165, 1.54) is 0 Å². The van der Waals surface area contributed by atoms with E-state index < -0.39 is 0 Å². The fraction of sp³-hybridized carbons (Fsp3) is 0. The molecule has 1 aliphatic rings. The molecule has 0 bridgehead atoms. The zero-order valence-corrected chi connectivity index (χ0v) is 14.2. The molecule has 0 spiro atoms. The molecule has 0 aliphatic carbocycles. The molecule has 0 saturated carbocycles. The molecule has 0 fully saturated rings. The molecule has 2 nitrogen and oxygen atoms in total. The van der Waals surface area contributed by atoms with Gasteiger partial charge in [-0.15, -0.1) is 0 Å².